The summed E-state index contributed by atoms with van der Waals surface area (Å²) in [6.07, 6.45) is 13.2. The van der Waals surface area contributed by atoms with Crippen LogP contribution in [0.3, 0.4) is 0 Å². The van der Waals surface area contributed by atoms with Gasteiger partial charge in [0.05, 0.1) is 0 Å². The van der Waals surface area contributed by atoms with Gasteiger partial charge < -0.3 is 0 Å². The van der Waals surface area contributed by atoms with Gasteiger partial charge in [-0.1, -0.05) is 252 Å². The van der Waals surface area contributed by atoms with Crippen molar-refractivity contribution in [3.8, 4) is 44.5 Å². The molecular formula is C70H82. The molecular weight excluding hydrogens is 841 g/mol. The van der Waals surface area contributed by atoms with E-state index in [2.05, 4.69) is 255 Å². The topological polar surface area (TPSA) is 0 Å². The second-order valence-corrected chi connectivity index (χ2v) is 22.2. The van der Waals surface area contributed by atoms with Crippen LogP contribution in [0.2, 0.25) is 0 Å². The van der Waals surface area contributed by atoms with Gasteiger partial charge in [0, 0.05) is 10.8 Å². The van der Waals surface area contributed by atoms with Crippen molar-refractivity contribution in [3.05, 3.63) is 219 Å². The number of aryl methyl sites for hydroxylation is 3. The van der Waals surface area contributed by atoms with Gasteiger partial charge in [-0.3, -0.25) is 0 Å². The van der Waals surface area contributed by atoms with Gasteiger partial charge in [-0.2, -0.15) is 0 Å². The molecule has 0 heteroatoms. The normalized spacial score (nSPS) is 14.6. The number of hydrogen-bond acceptors (Lipinski definition) is 0. The average molecular weight is 923 g/mol. The molecule has 7 aromatic rings. The zero-order valence-electron chi connectivity index (χ0n) is 45.5. The van der Waals surface area contributed by atoms with E-state index in [1.165, 1.54) is 138 Å². The maximum absolute atomic E-state index is 2.43. The van der Waals surface area contributed by atoms with Crippen LogP contribution in [-0.2, 0) is 22.7 Å². The standard InChI is InChI=1S/C26H28.C25H30.C16H16.C3H8/c1-17-7-9-18(10-8-17)19-11-14-23-22(15-19)21-13-12-20(25(2,3)4)16-24(21)26(23,5)6;1-4-10-20-15-17-22(18-16-20)23-13-9-14-24(19(23)3)25-12-8-6-7-11-21(25)5-2;1-11-7-6-10-14-15(11)12-8-4-5-9-13(12)16(14,2)3;1-3-2/h7-16H,1-6H3;8-9,12-18H,4-7,10-11H2,1-3H3;4-10H,1-3H3;3H2,1-2H3. The second kappa shape index (κ2) is 22.0. The molecule has 0 N–H and O–H groups in total. The molecule has 10 rings (SSSR count). The molecule has 0 saturated carbocycles. The quantitative estimate of drug-likeness (QED) is 0.156. The Balaban J connectivity index is 0.000000154. The Kier molecular flexibility index (Phi) is 16.3. The fraction of sp³-hybridized carbons (Fsp3) is 0.343. The molecule has 0 spiro atoms. The largest absolute Gasteiger partial charge is 0.0839 e. The van der Waals surface area contributed by atoms with E-state index < -0.39 is 0 Å². The Morgan fingerprint density at radius 1 is 0.514 bits per heavy atom. The first-order valence-corrected chi connectivity index (χ1v) is 26.6. The van der Waals surface area contributed by atoms with Gasteiger partial charge in [0.15, 0.2) is 0 Å². The molecule has 0 nitrogen and oxygen atoms in total. The molecule has 362 valence electrons. The molecule has 7 aromatic carbocycles. The summed E-state index contributed by atoms with van der Waals surface area (Å²) in [6, 6.07) is 54.2. The van der Waals surface area contributed by atoms with Crippen LogP contribution in [0.1, 0.15) is 170 Å². The van der Waals surface area contributed by atoms with E-state index in [9.17, 15) is 0 Å². The predicted molar refractivity (Wildman–Crippen MR) is 308 cm³/mol. The highest BCUT2D eigenvalue weighted by Crippen LogP contribution is 2.51. The summed E-state index contributed by atoms with van der Waals surface area (Å²) in [5.74, 6) is 0. The highest BCUT2D eigenvalue weighted by Gasteiger charge is 2.37. The van der Waals surface area contributed by atoms with E-state index in [4.69, 9.17) is 0 Å². The molecule has 0 radical (unpaired) electrons. The van der Waals surface area contributed by atoms with E-state index in [0.717, 1.165) is 12.8 Å². The van der Waals surface area contributed by atoms with Crippen LogP contribution in [0.25, 0.3) is 50.1 Å². The zero-order valence-corrected chi connectivity index (χ0v) is 45.5. The van der Waals surface area contributed by atoms with E-state index in [1.54, 1.807) is 5.57 Å². The van der Waals surface area contributed by atoms with Crippen molar-refractivity contribution >= 4 is 5.57 Å². The summed E-state index contributed by atoms with van der Waals surface area (Å²) in [7, 11) is 0. The minimum Gasteiger partial charge on any atom is -0.0839 e. The summed E-state index contributed by atoms with van der Waals surface area (Å²) >= 11 is 0. The van der Waals surface area contributed by atoms with E-state index in [0.29, 0.717) is 0 Å². The first-order valence-electron chi connectivity index (χ1n) is 26.6. The predicted octanol–water partition coefficient (Wildman–Crippen LogP) is 20.5. The summed E-state index contributed by atoms with van der Waals surface area (Å²) in [6.45, 7) is 31.6. The lowest BCUT2D eigenvalue weighted by atomic mass is 9.79. The maximum atomic E-state index is 2.43. The van der Waals surface area contributed by atoms with Crippen molar-refractivity contribution < 1.29 is 0 Å². The van der Waals surface area contributed by atoms with Crippen molar-refractivity contribution in [1.29, 1.82) is 0 Å². The SMILES string of the molecule is CCC.CCCc1ccc(-c2cccc(C3=C(CC)CCCC=C3)c2C)cc1.Cc1ccc(-c2ccc3c(c2)-c2ccc(C(C)(C)C)cc2C3(C)C)cc1.Cc1cccc2c1-c1ccccc1C2(C)C. The molecule has 0 bridgehead atoms. The third-order valence-corrected chi connectivity index (χ3v) is 15.1. The Labute approximate surface area is 425 Å². The Hall–Kier alpha value is -5.98. The van der Waals surface area contributed by atoms with Gasteiger partial charge in [-0.25, -0.2) is 0 Å². The molecule has 0 unspecified atom stereocenters. The molecule has 0 aromatic heterocycles. The van der Waals surface area contributed by atoms with Gasteiger partial charge in [0.1, 0.15) is 0 Å². The van der Waals surface area contributed by atoms with Crippen LogP contribution in [0.15, 0.2) is 163 Å². The summed E-state index contributed by atoms with van der Waals surface area (Å²) in [5.41, 5.74) is 28.5. The molecule has 0 fully saturated rings. The lowest BCUT2D eigenvalue weighted by Crippen LogP contribution is -2.17. The Bertz CT molecular complexity index is 2970. The number of allylic oxidation sites excluding steroid dienone is 4. The van der Waals surface area contributed by atoms with Crippen molar-refractivity contribution in [2.24, 2.45) is 0 Å². The van der Waals surface area contributed by atoms with Gasteiger partial charge in [0.25, 0.3) is 0 Å². The van der Waals surface area contributed by atoms with Crippen LogP contribution in [0.5, 0.6) is 0 Å². The van der Waals surface area contributed by atoms with Gasteiger partial charge in [0.2, 0.25) is 0 Å². The third-order valence-electron chi connectivity index (χ3n) is 15.1. The second-order valence-electron chi connectivity index (χ2n) is 22.2. The van der Waals surface area contributed by atoms with Crippen LogP contribution in [-0.4, -0.2) is 0 Å². The third kappa shape index (κ3) is 10.8. The number of fused-ring (bicyclic) bond motifs is 6. The highest BCUT2D eigenvalue weighted by molar-refractivity contribution is 5.86. The summed E-state index contributed by atoms with van der Waals surface area (Å²) in [5, 5.41) is 0. The molecule has 3 aliphatic rings. The molecule has 3 aliphatic carbocycles. The van der Waals surface area contributed by atoms with Crippen LogP contribution >= 0.6 is 0 Å². The Morgan fingerprint density at radius 2 is 1.11 bits per heavy atom. The van der Waals surface area contributed by atoms with Crippen molar-refractivity contribution in [2.75, 3.05) is 0 Å². The first-order chi connectivity index (χ1) is 33.5. The molecule has 0 saturated heterocycles. The number of benzene rings is 7. The Morgan fingerprint density at radius 3 is 1.80 bits per heavy atom. The molecule has 0 atom stereocenters. The molecule has 0 heterocycles. The van der Waals surface area contributed by atoms with Crippen LogP contribution in [0, 0.1) is 20.8 Å². The number of rotatable bonds is 6. The molecule has 70 heavy (non-hydrogen) atoms. The lowest BCUT2D eigenvalue weighted by molar-refractivity contribution is 0.584. The molecule has 0 aliphatic heterocycles. The highest BCUT2D eigenvalue weighted by atomic mass is 14.4. The van der Waals surface area contributed by atoms with Crippen molar-refractivity contribution in [2.45, 2.75) is 158 Å². The lowest BCUT2D eigenvalue weighted by Gasteiger charge is -2.25. The summed E-state index contributed by atoms with van der Waals surface area (Å²) < 4.78 is 0. The fourth-order valence-corrected chi connectivity index (χ4v) is 11.0. The fourth-order valence-electron chi connectivity index (χ4n) is 11.0. The zero-order chi connectivity index (χ0) is 50.4. The first kappa shape index (κ1) is 51.9. The van der Waals surface area contributed by atoms with E-state index >= 15 is 0 Å². The maximum Gasteiger partial charge on any atom is 0.0158 e. The van der Waals surface area contributed by atoms with Crippen molar-refractivity contribution in [3.63, 3.8) is 0 Å². The van der Waals surface area contributed by atoms with E-state index in [-0.39, 0.29) is 16.2 Å². The summed E-state index contributed by atoms with van der Waals surface area (Å²) in [4.78, 5) is 0. The van der Waals surface area contributed by atoms with Crippen LogP contribution < -0.4 is 0 Å². The minimum atomic E-state index is 0.0533. The monoisotopic (exact) mass is 923 g/mol. The minimum absolute atomic E-state index is 0.0533. The molecule has 0 amide bonds. The average Bonchev–Trinajstić information content (AvgIpc) is 3.55. The van der Waals surface area contributed by atoms with Crippen LogP contribution in [0.4, 0.5) is 0 Å². The van der Waals surface area contributed by atoms with Gasteiger partial charge in [-0.15, -0.1) is 0 Å². The van der Waals surface area contributed by atoms with Gasteiger partial charge >= 0.3 is 0 Å². The van der Waals surface area contributed by atoms with Crippen molar-refractivity contribution in [1.82, 2.24) is 0 Å². The number of hydrogen-bond donors (Lipinski definition) is 0. The smallest absolute Gasteiger partial charge is 0.0158 e. The van der Waals surface area contributed by atoms with E-state index in [1.807, 2.05) is 0 Å². The van der Waals surface area contributed by atoms with Gasteiger partial charge in [-0.05, 0) is 165 Å².